The number of aromatic nitrogens is 2. The molecule has 0 aliphatic carbocycles. The zero-order valence-corrected chi connectivity index (χ0v) is 16.1. The summed E-state index contributed by atoms with van der Waals surface area (Å²) in [5.74, 6) is 0. The molecule has 0 bridgehead atoms. The molecule has 0 radical (unpaired) electrons. The Morgan fingerprint density at radius 2 is 2.08 bits per heavy atom. The highest BCUT2D eigenvalue weighted by atomic mass is 16.3. The summed E-state index contributed by atoms with van der Waals surface area (Å²) in [6.45, 7) is 8.66. The van der Waals surface area contributed by atoms with E-state index in [2.05, 4.69) is 54.2 Å². The molecule has 2 heterocycles. The number of nitrogens with zero attached hydrogens (tertiary/aromatic N) is 3. The number of aryl methyl sites for hydroxylation is 2. The Labute approximate surface area is 156 Å². The first-order valence-corrected chi connectivity index (χ1v) is 9.61. The molecule has 1 fully saturated rings. The quantitative estimate of drug-likeness (QED) is 0.835. The fourth-order valence-electron chi connectivity index (χ4n) is 4.29. The van der Waals surface area contributed by atoms with Crippen LogP contribution >= 0.6 is 0 Å². The lowest BCUT2D eigenvalue weighted by molar-refractivity contribution is -0.0819. The average molecular weight is 357 g/mol. The maximum absolute atomic E-state index is 10.5. The van der Waals surface area contributed by atoms with Gasteiger partial charge in [0.05, 0.1) is 24.1 Å². The van der Waals surface area contributed by atoms with Crippen molar-refractivity contribution in [3.63, 3.8) is 0 Å². The Morgan fingerprint density at radius 1 is 1.27 bits per heavy atom. The van der Waals surface area contributed by atoms with Crippen molar-refractivity contribution in [1.29, 1.82) is 0 Å². The van der Waals surface area contributed by atoms with Gasteiger partial charge < -0.3 is 10.2 Å². The molecule has 5 heteroatoms. The Morgan fingerprint density at radius 3 is 2.73 bits per heavy atom. The van der Waals surface area contributed by atoms with E-state index < -0.39 is 6.10 Å². The number of aliphatic hydroxyl groups is 2. The largest absolute Gasteiger partial charge is 0.396 e. The number of likely N-dealkylation sites (tertiary alicyclic amines) is 1. The van der Waals surface area contributed by atoms with Crippen LogP contribution in [-0.4, -0.2) is 50.7 Å². The Kier molecular flexibility index (Phi) is 5.80. The lowest BCUT2D eigenvalue weighted by Gasteiger charge is -2.45. The zero-order valence-electron chi connectivity index (χ0n) is 16.1. The smallest absolute Gasteiger partial charge is 0.0651 e. The molecule has 3 rings (SSSR count). The summed E-state index contributed by atoms with van der Waals surface area (Å²) in [5.41, 5.74) is 4.07. The molecule has 142 valence electrons. The van der Waals surface area contributed by atoms with Gasteiger partial charge in [0.1, 0.15) is 0 Å². The Balaban J connectivity index is 1.77. The molecule has 0 saturated carbocycles. The van der Waals surface area contributed by atoms with Crippen LogP contribution in [0.25, 0.3) is 5.69 Å². The first-order valence-electron chi connectivity index (χ1n) is 9.61. The van der Waals surface area contributed by atoms with Gasteiger partial charge in [-0.25, -0.2) is 4.68 Å². The van der Waals surface area contributed by atoms with Gasteiger partial charge in [-0.2, -0.15) is 5.10 Å². The molecule has 1 aliphatic rings. The van der Waals surface area contributed by atoms with Crippen molar-refractivity contribution in [2.24, 2.45) is 5.41 Å². The summed E-state index contributed by atoms with van der Waals surface area (Å²) < 4.78 is 1.98. The highest BCUT2D eigenvalue weighted by Gasteiger charge is 2.41. The summed E-state index contributed by atoms with van der Waals surface area (Å²) in [5, 5.41) is 25.0. The molecule has 0 amide bonds. The minimum atomic E-state index is -0.412. The van der Waals surface area contributed by atoms with E-state index in [1.807, 2.05) is 11.6 Å². The third-order valence-electron chi connectivity index (χ3n) is 5.60. The fraction of sp³-hybridized carbons (Fsp3) is 0.571. The van der Waals surface area contributed by atoms with Crippen LogP contribution in [0.15, 0.2) is 30.3 Å². The monoisotopic (exact) mass is 357 g/mol. The second-order valence-electron chi connectivity index (χ2n) is 7.79. The molecule has 0 spiro atoms. The molecule has 1 saturated heterocycles. The number of piperidine rings is 1. The van der Waals surface area contributed by atoms with Crippen molar-refractivity contribution in [3.8, 4) is 5.69 Å². The Hall–Kier alpha value is -1.69. The molecule has 26 heavy (non-hydrogen) atoms. The molecule has 2 atom stereocenters. The number of benzene rings is 1. The van der Waals surface area contributed by atoms with Gasteiger partial charge in [0, 0.05) is 30.7 Å². The van der Waals surface area contributed by atoms with Crippen molar-refractivity contribution >= 4 is 0 Å². The van der Waals surface area contributed by atoms with Crippen LogP contribution in [0.2, 0.25) is 0 Å². The molecule has 5 nitrogen and oxygen atoms in total. The molecular weight excluding hydrogens is 326 g/mol. The summed E-state index contributed by atoms with van der Waals surface area (Å²) in [4.78, 5) is 2.36. The average Bonchev–Trinajstić information content (AvgIpc) is 2.96. The van der Waals surface area contributed by atoms with E-state index in [1.165, 1.54) is 5.56 Å². The van der Waals surface area contributed by atoms with Gasteiger partial charge in [-0.05, 0) is 50.5 Å². The fourth-order valence-corrected chi connectivity index (χ4v) is 4.29. The minimum Gasteiger partial charge on any atom is -0.396 e. The highest BCUT2D eigenvalue weighted by molar-refractivity contribution is 5.37. The van der Waals surface area contributed by atoms with Gasteiger partial charge in [-0.15, -0.1) is 0 Å². The van der Waals surface area contributed by atoms with Crippen molar-refractivity contribution in [1.82, 2.24) is 14.7 Å². The number of hydrogen-bond acceptors (Lipinski definition) is 4. The molecular formula is C21H31N3O2. The van der Waals surface area contributed by atoms with Crippen LogP contribution in [-0.2, 0) is 6.54 Å². The number of aliphatic hydroxyl groups excluding tert-OH is 2. The van der Waals surface area contributed by atoms with E-state index in [4.69, 9.17) is 0 Å². The molecule has 1 aromatic heterocycles. The molecule has 1 aliphatic heterocycles. The zero-order chi connectivity index (χ0) is 18.7. The predicted molar refractivity (Wildman–Crippen MR) is 103 cm³/mol. The van der Waals surface area contributed by atoms with Crippen molar-refractivity contribution in [2.75, 3.05) is 19.7 Å². The van der Waals surface area contributed by atoms with E-state index in [-0.39, 0.29) is 12.0 Å². The first-order chi connectivity index (χ1) is 12.5. The van der Waals surface area contributed by atoms with Gasteiger partial charge in [0.2, 0.25) is 0 Å². The topological polar surface area (TPSA) is 61.5 Å². The molecule has 2 N–H and O–H groups in total. The summed E-state index contributed by atoms with van der Waals surface area (Å²) in [7, 11) is 0. The predicted octanol–water partition coefficient (Wildman–Crippen LogP) is 2.83. The van der Waals surface area contributed by atoms with Gasteiger partial charge in [-0.3, -0.25) is 4.90 Å². The van der Waals surface area contributed by atoms with Crippen molar-refractivity contribution in [3.05, 3.63) is 47.3 Å². The van der Waals surface area contributed by atoms with Gasteiger partial charge >= 0.3 is 0 Å². The van der Waals surface area contributed by atoms with Gasteiger partial charge in [0.25, 0.3) is 0 Å². The van der Waals surface area contributed by atoms with Crippen molar-refractivity contribution < 1.29 is 10.2 Å². The highest BCUT2D eigenvalue weighted by Crippen LogP contribution is 2.35. The summed E-state index contributed by atoms with van der Waals surface area (Å²) in [6, 6.07) is 10.6. The van der Waals surface area contributed by atoms with E-state index in [0.29, 0.717) is 0 Å². The van der Waals surface area contributed by atoms with Crippen LogP contribution in [0.1, 0.15) is 43.1 Å². The second kappa shape index (κ2) is 7.91. The summed E-state index contributed by atoms with van der Waals surface area (Å²) >= 11 is 0. The SMILES string of the molecule is CCC[C@@]1(CO)CN(Cc2cccc(-n3nc(C)cc3C)c2)CC[C@@H]1O. The van der Waals surface area contributed by atoms with E-state index in [9.17, 15) is 10.2 Å². The first kappa shape index (κ1) is 19.1. The van der Waals surface area contributed by atoms with E-state index in [0.717, 1.165) is 56.0 Å². The second-order valence-corrected chi connectivity index (χ2v) is 7.79. The van der Waals surface area contributed by atoms with Gasteiger partial charge in [-0.1, -0.05) is 25.5 Å². The van der Waals surface area contributed by atoms with Crippen LogP contribution in [0.5, 0.6) is 0 Å². The van der Waals surface area contributed by atoms with E-state index >= 15 is 0 Å². The minimum absolute atomic E-state index is 0.0459. The van der Waals surface area contributed by atoms with Gasteiger partial charge in [0.15, 0.2) is 0 Å². The molecule has 0 unspecified atom stereocenters. The third kappa shape index (κ3) is 3.85. The lowest BCUT2D eigenvalue weighted by Crippen LogP contribution is -2.53. The number of rotatable bonds is 6. The standard InChI is InChI=1S/C21H31N3O2/c1-4-9-21(15-25)14-23(10-8-20(21)26)13-18-6-5-7-19(12-18)24-17(3)11-16(2)22-24/h5-7,11-12,20,25-26H,4,8-10,13-15H2,1-3H3/t20-,21-/m0/s1. The van der Waals surface area contributed by atoms with Crippen LogP contribution in [0.4, 0.5) is 0 Å². The normalized spacial score (nSPS) is 24.1. The maximum atomic E-state index is 10.5. The van der Waals surface area contributed by atoms with Crippen LogP contribution in [0, 0.1) is 19.3 Å². The molecule has 2 aromatic rings. The van der Waals surface area contributed by atoms with Crippen LogP contribution < -0.4 is 0 Å². The Bertz CT molecular complexity index is 743. The third-order valence-corrected chi connectivity index (χ3v) is 5.60. The maximum Gasteiger partial charge on any atom is 0.0651 e. The lowest BCUT2D eigenvalue weighted by atomic mass is 9.74. The molecule has 1 aromatic carbocycles. The summed E-state index contributed by atoms with van der Waals surface area (Å²) in [6.07, 6.45) is 2.13. The van der Waals surface area contributed by atoms with Crippen molar-refractivity contribution in [2.45, 2.75) is 52.7 Å². The van der Waals surface area contributed by atoms with E-state index in [1.54, 1.807) is 0 Å². The number of hydrogen-bond donors (Lipinski definition) is 2. The van der Waals surface area contributed by atoms with Crippen LogP contribution in [0.3, 0.4) is 0 Å².